The number of hydrogen-bond acceptors (Lipinski definition) is 4. The number of nitrogens with zero attached hydrogens (tertiary/aromatic N) is 1. The van der Waals surface area contributed by atoms with Gasteiger partial charge in [0.05, 0.1) is 12.0 Å². The number of rotatable bonds is 6. The van der Waals surface area contributed by atoms with Crippen molar-refractivity contribution in [2.45, 2.75) is 32.7 Å². The maximum Gasteiger partial charge on any atom is 0.217 e. The molecule has 0 radical (unpaired) electrons. The summed E-state index contributed by atoms with van der Waals surface area (Å²) >= 11 is 1.58. The molecule has 0 unspecified atom stereocenters. The molecule has 2 aromatic heterocycles. The Balaban J connectivity index is 1.63. The third-order valence-electron chi connectivity index (χ3n) is 3.80. The fourth-order valence-electron chi connectivity index (χ4n) is 2.56. The Hall–Kier alpha value is -2.40. The zero-order valence-corrected chi connectivity index (χ0v) is 14.6. The molecule has 24 heavy (non-hydrogen) atoms. The third-order valence-corrected chi connectivity index (χ3v) is 4.66. The van der Waals surface area contributed by atoms with Crippen molar-refractivity contribution < 1.29 is 9.21 Å². The molecule has 1 atom stereocenters. The largest absolute Gasteiger partial charge is 0.462 e. The molecule has 1 N–H and O–H groups in total. The number of thiazole rings is 1. The molecule has 0 bridgehead atoms. The van der Waals surface area contributed by atoms with Crippen LogP contribution in [-0.4, -0.2) is 16.9 Å². The van der Waals surface area contributed by atoms with Gasteiger partial charge in [0, 0.05) is 23.9 Å². The van der Waals surface area contributed by atoms with Crippen LogP contribution >= 0.6 is 11.3 Å². The van der Waals surface area contributed by atoms with Crippen LogP contribution in [0.1, 0.15) is 25.8 Å². The van der Waals surface area contributed by atoms with E-state index < -0.39 is 0 Å². The molecule has 3 aromatic rings. The van der Waals surface area contributed by atoms with Gasteiger partial charge in [-0.05, 0) is 37.5 Å². The average Bonchev–Trinajstić information content (AvgIpc) is 3.24. The van der Waals surface area contributed by atoms with E-state index in [1.807, 2.05) is 24.4 Å². The molecule has 0 aliphatic rings. The van der Waals surface area contributed by atoms with Gasteiger partial charge in [0.25, 0.3) is 0 Å². The maximum atomic E-state index is 11.0. The Morgan fingerprint density at radius 3 is 2.75 bits per heavy atom. The number of carbonyl (C=O) groups excluding carboxylic acids is 1. The van der Waals surface area contributed by atoms with Gasteiger partial charge in [-0.3, -0.25) is 4.79 Å². The molecule has 4 nitrogen and oxygen atoms in total. The first-order valence-corrected chi connectivity index (χ1v) is 8.85. The fourth-order valence-corrected chi connectivity index (χ4v) is 3.36. The van der Waals surface area contributed by atoms with Crippen molar-refractivity contribution in [1.82, 2.24) is 10.3 Å². The first-order chi connectivity index (χ1) is 11.6. The van der Waals surface area contributed by atoms with Crippen LogP contribution in [0.3, 0.4) is 0 Å². The highest BCUT2D eigenvalue weighted by atomic mass is 32.1. The molecule has 1 amide bonds. The standard InChI is InChI=1S/C19H20N2O2S/c1-13(20-14(2)22)5-6-15-7-9-16(10-8-15)17-12-24-19(21-17)18-4-3-11-23-18/h3-4,7-13H,5-6H2,1-2H3,(H,20,22)/t13-/m1/s1. The van der Waals surface area contributed by atoms with E-state index in [-0.39, 0.29) is 11.9 Å². The van der Waals surface area contributed by atoms with Gasteiger partial charge in [-0.1, -0.05) is 24.3 Å². The zero-order chi connectivity index (χ0) is 16.9. The van der Waals surface area contributed by atoms with Gasteiger partial charge >= 0.3 is 0 Å². The van der Waals surface area contributed by atoms with Gasteiger partial charge in [-0.15, -0.1) is 11.3 Å². The van der Waals surface area contributed by atoms with E-state index in [9.17, 15) is 4.79 Å². The van der Waals surface area contributed by atoms with Gasteiger partial charge in [-0.25, -0.2) is 4.98 Å². The van der Waals surface area contributed by atoms with E-state index in [1.165, 1.54) is 5.56 Å². The maximum absolute atomic E-state index is 11.0. The van der Waals surface area contributed by atoms with Gasteiger partial charge in [-0.2, -0.15) is 0 Å². The second-order valence-electron chi connectivity index (χ2n) is 5.85. The molecular formula is C19H20N2O2S. The van der Waals surface area contributed by atoms with Crippen LogP contribution in [0.15, 0.2) is 52.5 Å². The Labute approximate surface area is 145 Å². The molecule has 0 saturated heterocycles. The number of aryl methyl sites for hydroxylation is 1. The highest BCUT2D eigenvalue weighted by Gasteiger charge is 2.09. The van der Waals surface area contributed by atoms with Crippen molar-refractivity contribution in [3.63, 3.8) is 0 Å². The zero-order valence-electron chi connectivity index (χ0n) is 13.8. The molecule has 0 fully saturated rings. The summed E-state index contributed by atoms with van der Waals surface area (Å²) in [4.78, 5) is 15.7. The lowest BCUT2D eigenvalue weighted by molar-refractivity contribution is -0.119. The van der Waals surface area contributed by atoms with E-state index in [4.69, 9.17) is 4.42 Å². The molecule has 0 spiro atoms. The monoisotopic (exact) mass is 340 g/mol. The van der Waals surface area contributed by atoms with Crippen molar-refractivity contribution in [2.75, 3.05) is 0 Å². The average molecular weight is 340 g/mol. The minimum atomic E-state index is 0.0220. The lowest BCUT2D eigenvalue weighted by atomic mass is 10.0. The van der Waals surface area contributed by atoms with Crippen LogP contribution in [0.4, 0.5) is 0 Å². The van der Waals surface area contributed by atoms with E-state index in [2.05, 4.69) is 34.6 Å². The number of amides is 1. The normalized spacial score (nSPS) is 12.1. The molecular weight excluding hydrogens is 320 g/mol. The topological polar surface area (TPSA) is 55.1 Å². The Morgan fingerprint density at radius 2 is 2.08 bits per heavy atom. The molecule has 5 heteroatoms. The number of hydrogen-bond donors (Lipinski definition) is 1. The molecule has 3 rings (SSSR count). The smallest absolute Gasteiger partial charge is 0.217 e. The van der Waals surface area contributed by atoms with Gasteiger partial charge < -0.3 is 9.73 Å². The molecule has 0 saturated carbocycles. The minimum absolute atomic E-state index is 0.0220. The number of benzene rings is 1. The molecule has 124 valence electrons. The highest BCUT2D eigenvalue weighted by Crippen LogP contribution is 2.29. The van der Waals surface area contributed by atoms with Crippen LogP contribution < -0.4 is 5.32 Å². The first kappa shape index (κ1) is 16.5. The Kier molecular flexibility index (Phi) is 5.11. The van der Waals surface area contributed by atoms with E-state index in [0.717, 1.165) is 34.9 Å². The van der Waals surface area contributed by atoms with E-state index in [1.54, 1.807) is 24.5 Å². The predicted molar refractivity (Wildman–Crippen MR) is 96.9 cm³/mol. The molecule has 0 aliphatic carbocycles. The lowest BCUT2D eigenvalue weighted by Gasteiger charge is -2.12. The quantitative estimate of drug-likeness (QED) is 0.717. The van der Waals surface area contributed by atoms with Crippen LogP contribution in [0.2, 0.25) is 0 Å². The van der Waals surface area contributed by atoms with E-state index >= 15 is 0 Å². The van der Waals surface area contributed by atoms with Gasteiger partial charge in [0.1, 0.15) is 0 Å². The third kappa shape index (κ3) is 4.11. The number of carbonyl (C=O) groups is 1. The van der Waals surface area contributed by atoms with Crippen molar-refractivity contribution in [1.29, 1.82) is 0 Å². The number of aromatic nitrogens is 1. The summed E-state index contributed by atoms with van der Waals surface area (Å²) in [5, 5.41) is 5.85. The van der Waals surface area contributed by atoms with Crippen LogP contribution in [0.25, 0.3) is 22.0 Å². The molecule has 0 aliphatic heterocycles. The van der Waals surface area contributed by atoms with Gasteiger partial charge in [0.2, 0.25) is 5.91 Å². The fraction of sp³-hybridized carbons (Fsp3) is 0.263. The minimum Gasteiger partial charge on any atom is -0.462 e. The highest BCUT2D eigenvalue weighted by molar-refractivity contribution is 7.13. The van der Waals surface area contributed by atoms with Crippen LogP contribution in [-0.2, 0) is 11.2 Å². The van der Waals surface area contributed by atoms with Crippen LogP contribution in [0.5, 0.6) is 0 Å². The van der Waals surface area contributed by atoms with Crippen molar-refractivity contribution in [2.24, 2.45) is 0 Å². The van der Waals surface area contributed by atoms with Crippen LogP contribution in [0, 0.1) is 0 Å². The summed E-state index contributed by atoms with van der Waals surface area (Å²) in [5.41, 5.74) is 3.32. The first-order valence-electron chi connectivity index (χ1n) is 7.97. The lowest BCUT2D eigenvalue weighted by Crippen LogP contribution is -2.30. The molecule has 1 aromatic carbocycles. The van der Waals surface area contributed by atoms with Crippen molar-refractivity contribution in [3.8, 4) is 22.0 Å². The van der Waals surface area contributed by atoms with Crippen molar-refractivity contribution in [3.05, 3.63) is 53.6 Å². The Morgan fingerprint density at radius 1 is 1.29 bits per heavy atom. The summed E-state index contributed by atoms with van der Waals surface area (Å²) in [7, 11) is 0. The summed E-state index contributed by atoms with van der Waals surface area (Å²) in [5.74, 6) is 0.823. The van der Waals surface area contributed by atoms with E-state index in [0.29, 0.717) is 0 Å². The van der Waals surface area contributed by atoms with Crippen molar-refractivity contribution >= 4 is 17.2 Å². The predicted octanol–water partition coefficient (Wildman–Crippen LogP) is 4.53. The summed E-state index contributed by atoms with van der Waals surface area (Å²) in [6, 6.07) is 12.4. The SMILES string of the molecule is CC(=O)N[C@H](C)CCc1ccc(-c2csc(-c3ccco3)n2)cc1. The Bertz CT molecular complexity index is 791. The van der Waals surface area contributed by atoms with Gasteiger partial charge in [0.15, 0.2) is 10.8 Å². The second kappa shape index (κ2) is 7.45. The molecule has 2 heterocycles. The number of furan rings is 1. The number of nitrogens with one attached hydrogen (secondary N) is 1. The second-order valence-corrected chi connectivity index (χ2v) is 6.71. The summed E-state index contributed by atoms with van der Waals surface area (Å²) in [6.45, 7) is 3.58. The summed E-state index contributed by atoms with van der Waals surface area (Å²) < 4.78 is 5.39. The summed E-state index contributed by atoms with van der Waals surface area (Å²) in [6.07, 6.45) is 3.53.